The zero-order valence-corrected chi connectivity index (χ0v) is 15.7. The Labute approximate surface area is 148 Å². The fourth-order valence-electron chi connectivity index (χ4n) is 2.79. The summed E-state index contributed by atoms with van der Waals surface area (Å²) in [4.78, 5) is 4.63. The van der Waals surface area contributed by atoms with Crippen LogP contribution in [-0.2, 0) is 15.8 Å². The molecule has 1 aromatic carbocycles. The third kappa shape index (κ3) is 3.82. The Bertz CT molecular complexity index is 811. The van der Waals surface area contributed by atoms with Gasteiger partial charge in [0.1, 0.15) is 4.90 Å². The summed E-state index contributed by atoms with van der Waals surface area (Å²) in [6, 6.07) is 9.91. The van der Waals surface area contributed by atoms with Gasteiger partial charge in [0, 0.05) is 25.0 Å². The van der Waals surface area contributed by atoms with Crippen LogP contribution in [-0.4, -0.2) is 30.8 Å². The van der Waals surface area contributed by atoms with Crippen LogP contribution < -0.4 is 0 Å². The Hall–Kier alpha value is -1.37. The largest absolute Gasteiger partial charge is 0.249 e. The molecule has 1 aromatic heterocycles. The van der Waals surface area contributed by atoms with Crippen LogP contribution in [0.3, 0.4) is 0 Å². The number of benzene rings is 1. The molecule has 1 fully saturated rings. The first kappa shape index (κ1) is 17.5. The van der Waals surface area contributed by atoms with Gasteiger partial charge in [-0.3, -0.25) is 0 Å². The summed E-state index contributed by atoms with van der Waals surface area (Å²) in [6.45, 7) is 5.43. The van der Waals surface area contributed by atoms with E-state index >= 15 is 0 Å². The van der Waals surface area contributed by atoms with Gasteiger partial charge in [-0.1, -0.05) is 23.8 Å². The molecule has 1 aliphatic heterocycles. The highest BCUT2D eigenvalue weighted by Gasteiger charge is 2.27. The van der Waals surface area contributed by atoms with Gasteiger partial charge in [-0.25, -0.2) is 13.4 Å². The standard InChI is InChI=1S/C18H22N2O2S2/c1-14-5-6-15(2)16(11-14)13-23-18-8-7-17(12-19-18)24(21,22)20-9-3-4-10-20/h5-8,11-12H,3-4,9-10,13H2,1-2H3. The van der Waals surface area contributed by atoms with E-state index in [9.17, 15) is 8.42 Å². The molecule has 1 aliphatic rings. The van der Waals surface area contributed by atoms with Gasteiger partial charge in [0.15, 0.2) is 0 Å². The molecule has 0 unspecified atom stereocenters. The SMILES string of the molecule is Cc1ccc(C)c(CSc2ccc(S(=O)(=O)N3CCCC3)cn2)c1. The molecule has 0 atom stereocenters. The molecule has 6 heteroatoms. The van der Waals surface area contributed by atoms with Gasteiger partial charge in [-0.05, 0) is 49.9 Å². The predicted molar refractivity (Wildman–Crippen MR) is 97.7 cm³/mol. The van der Waals surface area contributed by atoms with Crippen LogP contribution in [0.2, 0.25) is 0 Å². The third-order valence-corrected chi connectivity index (χ3v) is 7.17. The van der Waals surface area contributed by atoms with Crippen molar-refractivity contribution in [3.8, 4) is 0 Å². The Morgan fingerprint density at radius 1 is 1.12 bits per heavy atom. The molecule has 0 aliphatic carbocycles. The monoisotopic (exact) mass is 362 g/mol. The summed E-state index contributed by atoms with van der Waals surface area (Å²) in [5.74, 6) is 0.832. The summed E-state index contributed by atoms with van der Waals surface area (Å²) < 4.78 is 26.5. The molecule has 4 nitrogen and oxygen atoms in total. The maximum atomic E-state index is 12.5. The fraction of sp³-hybridized carbons (Fsp3) is 0.389. The fourth-order valence-corrected chi connectivity index (χ4v) is 5.16. The van der Waals surface area contributed by atoms with Gasteiger partial charge in [0.2, 0.25) is 10.0 Å². The van der Waals surface area contributed by atoms with E-state index in [1.165, 1.54) is 22.9 Å². The van der Waals surface area contributed by atoms with E-state index in [0.717, 1.165) is 23.6 Å². The second-order valence-electron chi connectivity index (χ2n) is 6.16. The average Bonchev–Trinajstić information content (AvgIpc) is 3.11. The first-order chi connectivity index (χ1) is 11.5. The van der Waals surface area contributed by atoms with Crippen LogP contribution in [0.5, 0.6) is 0 Å². The highest BCUT2D eigenvalue weighted by molar-refractivity contribution is 7.98. The summed E-state index contributed by atoms with van der Waals surface area (Å²) in [5.41, 5.74) is 3.80. The molecule has 1 saturated heterocycles. The van der Waals surface area contributed by atoms with E-state index in [4.69, 9.17) is 0 Å². The smallest absolute Gasteiger partial charge is 0.244 e. The van der Waals surface area contributed by atoms with Gasteiger partial charge >= 0.3 is 0 Å². The third-order valence-electron chi connectivity index (χ3n) is 4.29. The van der Waals surface area contributed by atoms with Gasteiger partial charge in [-0.2, -0.15) is 4.31 Å². The summed E-state index contributed by atoms with van der Waals surface area (Å²) >= 11 is 1.63. The number of sulfonamides is 1. The number of rotatable bonds is 5. The van der Waals surface area contributed by atoms with E-state index < -0.39 is 10.0 Å². The lowest BCUT2D eigenvalue weighted by atomic mass is 10.1. The maximum Gasteiger partial charge on any atom is 0.244 e. The van der Waals surface area contributed by atoms with E-state index in [2.05, 4.69) is 37.0 Å². The minimum atomic E-state index is -3.37. The van der Waals surface area contributed by atoms with Crippen molar-refractivity contribution in [1.82, 2.24) is 9.29 Å². The second-order valence-corrected chi connectivity index (χ2v) is 9.10. The van der Waals surface area contributed by atoms with Gasteiger partial charge in [-0.15, -0.1) is 11.8 Å². The molecule has 0 radical (unpaired) electrons. The number of aryl methyl sites for hydroxylation is 2. The molecule has 0 N–H and O–H groups in total. The molecule has 24 heavy (non-hydrogen) atoms. The van der Waals surface area contributed by atoms with Gasteiger partial charge in [0.05, 0.1) is 5.03 Å². The Kier molecular flexibility index (Phi) is 5.27. The molecule has 2 heterocycles. The lowest BCUT2D eigenvalue weighted by Crippen LogP contribution is -2.27. The number of aromatic nitrogens is 1. The molecule has 3 rings (SSSR count). The van der Waals surface area contributed by atoms with Crippen LogP contribution in [0.25, 0.3) is 0 Å². The highest BCUT2D eigenvalue weighted by atomic mass is 32.2. The number of pyridine rings is 1. The normalized spacial score (nSPS) is 15.8. The van der Waals surface area contributed by atoms with E-state index in [-0.39, 0.29) is 0 Å². The van der Waals surface area contributed by atoms with Crippen LogP contribution in [0.4, 0.5) is 0 Å². The van der Waals surface area contributed by atoms with Crippen molar-refractivity contribution in [1.29, 1.82) is 0 Å². The van der Waals surface area contributed by atoms with E-state index in [0.29, 0.717) is 18.0 Å². The molecular formula is C18H22N2O2S2. The molecule has 0 spiro atoms. The van der Waals surface area contributed by atoms with Crippen LogP contribution >= 0.6 is 11.8 Å². The van der Waals surface area contributed by atoms with E-state index in [1.807, 2.05) is 0 Å². The predicted octanol–water partition coefficient (Wildman–Crippen LogP) is 3.78. The highest BCUT2D eigenvalue weighted by Crippen LogP contribution is 2.25. The minimum Gasteiger partial charge on any atom is -0.249 e. The molecule has 128 valence electrons. The van der Waals surface area contributed by atoms with Crippen molar-refractivity contribution in [3.05, 3.63) is 53.2 Å². The first-order valence-electron chi connectivity index (χ1n) is 8.12. The second kappa shape index (κ2) is 7.25. The molecule has 0 saturated carbocycles. The zero-order valence-electron chi connectivity index (χ0n) is 14.0. The zero-order chi connectivity index (χ0) is 17.2. The Morgan fingerprint density at radius 2 is 1.88 bits per heavy atom. The van der Waals surface area contributed by atoms with Crippen molar-refractivity contribution >= 4 is 21.8 Å². The molecule has 2 aromatic rings. The molecular weight excluding hydrogens is 340 g/mol. The van der Waals surface area contributed by atoms with Crippen molar-refractivity contribution in [2.45, 2.75) is 42.4 Å². The summed E-state index contributed by atoms with van der Waals surface area (Å²) in [5, 5.41) is 0.844. The van der Waals surface area contributed by atoms with Crippen molar-refractivity contribution < 1.29 is 8.42 Å². The maximum absolute atomic E-state index is 12.5. The number of hydrogen-bond acceptors (Lipinski definition) is 4. The van der Waals surface area contributed by atoms with Crippen LogP contribution in [0.15, 0.2) is 46.5 Å². The average molecular weight is 363 g/mol. The van der Waals surface area contributed by atoms with Crippen LogP contribution in [0, 0.1) is 13.8 Å². The van der Waals surface area contributed by atoms with Crippen molar-refractivity contribution in [3.63, 3.8) is 0 Å². The number of thioether (sulfide) groups is 1. The topological polar surface area (TPSA) is 50.3 Å². The summed E-state index contributed by atoms with van der Waals surface area (Å²) in [7, 11) is -3.37. The first-order valence-corrected chi connectivity index (χ1v) is 10.5. The molecule has 0 bridgehead atoms. The Morgan fingerprint density at radius 3 is 2.54 bits per heavy atom. The Balaban J connectivity index is 1.69. The lowest BCUT2D eigenvalue weighted by molar-refractivity contribution is 0.477. The van der Waals surface area contributed by atoms with Crippen LogP contribution in [0.1, 0.15) is 29.5 Å². The summed E-state index contributed by atoms with van der Waals surface area (Å²) in [6.07, 6.45) is 3.37. The van der Waals surface area contributed by atoms with Crippen molar-refractivity contribution in [2.75, 3.05) is 13.1 Å². The number of nitrogens with zero attached hydrogens (tertiary/aromatic N) is 2. The molecule has 0 amide bonds. The minimum absolute atomic E-state index is 0.292. The van der Waals surface area contributed by atoms with E-state index in [1.54, 1.807) is 28.2 Å². The van der Waals surface area contributed by atoms with Gasteiger partial charge in [0.25, 0.3) is 0 Å². The van der Waals surface area contributed by atoms with Crippen molar-refractivity contribution in [2.24, 2.45) is 0 Å². The quantitative estimate of drug-likeness (QED) is 0.760. The van der Waals surface area contributed by atoms with Gasteiger partial charge < -0.3 is 0 Å². The lowest BCUT2D eigenvalue weighted by Gasteiger charge is -2.15. The number of hydrogen-bond donors (Lipinski definition) is 0.